The molecule has 164 valence electrons. The molecule has 3 nitrogen and oxygen atoms in total. The Morgan fingerprint density at radius 2 is 1.00 bits per heavy atom. The highest BCUT2D eigenvalue weighted by atomic mass is 35.5. The average molecular weight is 472 g/mol. The Labute approximate surface area is 201 Å². The van der Waals surface area contributed by atoms with Crippen LogP contribution in [0.3, 0.4) is 0 Å². The summed E-state index contributed by atoms with van der Waals surface area (Å²) in [5.41, 5.74) is 1.91. The third-order valence-corrected chi connectivity index (χ3v) is 9.76. The van der Waals surface area contributed by atoms with E-state index in [1.54, 1.807) is 0 Å². The fourth-order valence-electron chi connectivity index (χ4n) is 4.18. The molecule has 0 saturated heterocycles. The molecule has 0 unspecified atom stereocenters. The predicted octanol–water partition coefficient (Wildman–Crippen LogP) is 5.42. The van der Waals surface area contributed by atoms with Crippen LogP contribution < -0.4 is 26.7 Å². The molecule has 33 heavy (non-hydrogen) atoms. The van der Waals surface area contributed by atoms with Gasteiger partial charge >= 0.3 is 0 Å². The van der Waals surface area contributed by atoms with Gasteiger partial charge in [0.1, 0.15) is 15.9 Å². The predicted molar refractivity (Wildman–Crippen MR) is 144 cm³/mol. The van der Waals surface area contributed by atoms with Crippen molar-refractivity contribution >= 4 is 46.9 Å². The number of oxazole rings is 1. The monoisotopic (exact) mass is 471 g/mol. The van der Waals surface area contributed by atoms with E-state index in [1.165, 1.54) is 15.9 Å². The van der Waals surface area contributed by atoms with Crippen molar-refractivity contribution in [3.8, 4) is 11.5 Å². The number of anilines is 1. The maximum atomic E-state index is 6.33. The topological polar surface area (TPSA) is 38.1 Å². The molecule has 4 aromatic carbocycles. The number of benzene rings is 4. The lowest BCUT2D eigenvalue weighted by Gasteiger charge is -2.25. The molecular weight excluding hydrogens is 447 g/mol. The molecule has 0 bridgehead atoms. The van der Waals surface area contributed by atoms with Gasteiger partial charge in [0, 0.05) is 12.6 Å². The maximum absolute atomic E-state index is 6.33. The lowest BCUT2D eigenvalue weighted by molar-refractivity contribution is 0.590. The number of nitrogens with zero attached hydrogens (tertiary/aromatic N) is 1. The van der Waals surface area contributed by atoms with E-state index in [1.807, 2.05) is 37.4 Å². The van der Waals surface area contributed by atoms with Gasteiger partial charge in [-0.05, 0) is 48.5 Å². The SMILES string of the molecule is CNc1oc(-c2ccccc2)nc1[P+](c1ccccc1)(c1ccccc1)c1ccccc1.Cl. The van der Waals surface area contributed by atoms with Crippen LogP contribution in [0.1, 0.15) is 0 Å². The Bertz CT molecular complexity index is 1200. The Hall–Kier alpha value is -3.39. The van der Waals surface area contributed by atoms with Crippen LogP contribution in [-0.4, -0.2) is 12.0 Å². The van der Waals surface area contributed by atoms with E-state index in [2.05, 4.69) is 96.3 Å². The lowest BCUT2D eigenvalue weighted by Crippen LogP contribution is -2.40. The molecule has 0 radical (unpaired) electrons. The van der Waals surface area contributed by atoms with Crippen molar-refractivity contribution in [1.82, 2.24) is 4.98 Å². The summed E-state index contributed by atoms with van der Waals surface area (Å²) in [6, 6.07) is 42.2. The van der Waals surface area contributed by atoms with E-state index in [0.717, 1.165) is 11.0 Å². The molecule has 0 aliphatic heterocycles. The molecule has 1 heterocycles. The zero-order chi connectivity index (χ0) is 21.8. The average Bonchev–Trinajstić information content (AvgIpc) is 3.32. The molecule has 1 N–H and O–H groups in total. The number of halogens is 1. The number of aromatic nitrogens is 1. The summed E-state index contributed by atoms with van der Waals surface area (Å²) in [5.74, 6) is 1.32. The van der Waals surface area contributed by atoms with Crippen LogP contribution in [0, 0.1) is 0 Å². The molecule has 0 amide bonds. The van der Waals surface area contributed by atoms with Gasteiger partial charge in [0.05, 0.1) is 0 Å². The molecule has 0 saturated carbocycles. The van der Waals surface area contributed by atoms with Gasteiger partial charge in [-0.2, -0.15) is 4.98 Å². The van der Waals surface area contributed by atoms with E-state index >= 15 is 0 Å². The van der Waals surface area contributed by atoms with Gasteiger partial charge in [-0.25, -0.2) is 0 Å². The molecule has 1 aromatic heterocycles. The third-order valence-electron chi connectivity index (χ3n) is 5.61. The van der Waals surface area contributed by atoms with E-state index in [-0.39, 0.29) is 12.4 Å². The van der Waals surface area contributed by atoms with Gasteiger partial charge in [0.2, 0.25) is 5.89 Å². The molecule has 0 aliphatic rings. The second-order valence-corrected chi connectivity index (χ2v) is 10.8. The normalized spacial score (nSPS) is 10.9. The summed E-state index contributed by atoms with van der Waals surface area (Å²) in [5, 5.41) is 7.01. The van der Waals surface area contributed by atoms with Gasteiger partial charge < -0.3 is 9.73 Å². The van der Waals surface area contributed by atoms with Gasteiger partial charge in [-0.15, -0.1) is 12.4 Å². The summed E-state index contributed by atoms with van der Waals surface area (Å²) in [4.78, 5) is 5.17. The smallest absolute Gasteiger partial charge is 0.261 e. The highest BCUT2D eigenvalue weighted by Crippen LogP contribution is 2.55. The fraction of sp³-hybridized carbons (Fsp3) is 0.0357. The van der Waals surface area contributed by atoms with Crippen molar-refractivity contribution in [2.45, 2.75) is 0 Å². The number of nitrogens with one attached hydrogen (secondary N) is 1. The van der Waals surface area contributed by atoms with Crippen molar-refractivity contribution < 1.29 is 4.42 Å². The van der Waals surface area contributed by atoms with Gasteiger partial charge in [-0.3, -0.25) is 0 Å². The molecule has 0 spiro atoms. The summed E-state index contributed by atoms with van der Waals surface area (Å²) < 4.78 is 6.33. The number of hydrogen-bond acceptors (Lipinski definition) is 3. The van der Waals surface area contributed by atoms with Crippen molar-refractivity contribution in [3.63, 3.8) is 0 Å². The summed E-state index contributed by atoms with van der Waals surface area (Å²) in [6.07, 6.45) is 0. The minimum absolute atomic E-state index is 0. The maximum Gasteiger partial charge on any atom is 0.261 e. The zero-order valence-electron chi connectivity index (χ0n) is 18.3. The molecule has 5 heteroatoms. The van der Waals surface area contributed by atoms with Crippen molar-refractivity contribution in [2.75, 3.05) is 12.4 Å². The summed E-state index contributed by atoms with van der Waals surface area (Å²) in [7, 11) is -0.429. The second kappa shape index (κ2) is 10.0. The zero-order valence-corrected chi connectivity index (χ0v) is 20.0. The Kier molecular flexibility index (Phi) is 6.93. The first-order valence-electron chi connectivity index (χ1n) is 10.6. The fourth-order valence-corrected chi connectivity index (χ4v) is 8.36. The number of hydrogen-bond donors (Lipinski definition) is 1. The molecule has 5 rings (SSSR count). The van der Waals surface area contributed by atoms with Crippen LogP contribution >= 0.6 is 19.7 Å². The van der Waals surface area contributed by atoms with E-state index in [9.17, 15) is 0 Å². The second-order valence-electron chi connectivity index (χ2n) is 7.47. The van der Waals surface area contributed by atoms with Crippen LogP contribution in [0.2, 0.25) is 0 Å². The van der Waals surface area contributed by atoms with E-state index in [0.29, 0.717) is 11.8 Å². The van der Waals surface area contributed by atoms with E-state index < -0.39 is 7.26 Å². The molecule has 0 atom stereocenters. The Balaban J connectivity index is 0.00000259. The van der Waals surface area contributed by atoms with Gasteiger partial charge in [0.15, 0.2) is 7.26 Å². The van der Waals surface area contributed by atoms with Crippen LogP contribution in [0.5, 0.6) is 0 Å². The quantitative estimate of drug-likeness (QED) is 0.336. The minimum atomic E-state index is -2.33. The first-order valence-corrected chi connectivity index (χ1v) is 12.4. The molecular formula is C28H25ClN2OP+. The highest BCUT2D eigenvalue weighted by Gasteiger charge is 2.52. The van der Waals surface area contributed by atoms with Crippen molar-refractivity contribution in [3.05, 3.63) is 121 Å². The summed E-state index contributed by atoms with van der Waals surface area (Å²) >= 11 is 0. The first-order chi connectivity index (χ1) is 15.8. The summed E-state index contributed by atoms with van der Waals surface area (Å²) in [6.45, 7) is 0. The van der Waals surface area contributed by atoms with Crippen LogP contribution in [0.4, 0.5) is 5.88 Å². The Morgan fingerprint density at radius 1 is 0.606 bits per heavy atom. The van der Waals surface area contributed by atoms with Crippen molar-refractivity contribution in [1.29, 1.82) is 0 Å². The van der Waals surface area contributed by atoms with Gasteiger partial charge in [-0.1, -0.05) is 72.8 Å². The standard InChI is InChI=1S/C28H24N2OP.ClH/c1-29-27-28(30-26(31-27)22-14-6-2-7-15-22)32(23-16-8-3-9-17-23,24-18-10-4-11-19-24)25-20-12-5-13-21-25;/h2-21,29H,1H3;1H/q+1;. The van der Waals surface area contributed by atoms with E-state index in [4.69, 9.17) is 9.40 Å². The van der Waals surface area contributed by atoms with Crippen LogP contribution in [0.25, 0.3) is 11.5 Å². The minimum Gasteiger partial charge on any atom is -0.416 e. The number of rotatable bonds is 6. The third kappa shape index (κ3) is 4.06. The van der Waals surface area contributed by atoms with Gasteiger partial charge in [0.25, 0.3) is 11.3 Å². The van der Waals surface area contributed by atoms with Crippen LogP contribution in [-0.2, 0) is 0 Å². The lowest BCUT2D eigenvalue weighted by atomic mass is 10.2. The van der Waals surface area contributed by atoms with Crippen LogP contribution in [0.15, 0.2) is 126 Å². The Morgan fingerprint density at radius 3 is 1.39 bits per heavy atom. The molecule has 5 aromatic rings. The first kappa shape index (κ1) is 22.8. The largest absolute Gasteiger partial charge is 0.416 e. The highest BCUT2D eigenvalue weighted by molar-refractivity contribution is 8.01. The molecule has 0 aliphatic carbocycles. The molecule has 0 fully saturated rings. The van der Waals surface area contributed by atoms with Crippen molar-refractivity contribution in [2.24, 2.45) is 0 Å².